The molecule has 0 aliphatic rings. The first-order valence-electron chi connectivity index (χ1n) is 6.92. The number of carbonyl (C=O) groups excluding carboxylic acids is 1. The first-order valence-corrected chi connectivity index (χ1v) is 6.92. The van der Waals surface area contributed by atoms with Gasteiger partial charge in [-0.1, -0.05) is 6.92 Å². The van der Waals surface area contributed by atoms with Crippen molar-refractivity contribution < 1.29 is 22.4 Å². The van der Waals surface area contributed by atoms with E-state index in [2.05, 4.69) is 10.3 Å². The summed E-state index contributed by atoms with van der Waals surface area (Å²) in [5.41, 5.74) is -1.59. The third-order valence-electron chi connectivity index (χ3n) is 3.17. The Balaban J connectivity index is 2.14. The summed E-state index contributed by atoms with van der Waals surface area (Å²) in [6, 6.07) is 3.38. The third-order valence-corrected chi connectivity index (χ3v) is 3.17. The maximum absolute atomic E-state index is 13.2. The molecule has 0 fully saturated rings. The van der Waals surface area contributed by atoms with Crippen LogP contribution in [0.1, 0.15) is 18.2 Å². The van der Waals surface area contributed by atoms with E-state index in [0.717, 1.165) is 10.6 Å². The highest BCUT2D eigenvalue weighted by molar-refractivity contribution is 5.90. The Morgan fingerprint density at radius 2 is 2.00 bits per heavy atom. The molecule has 0 aliphatic heterocycles. The second kappa shape index (κ2) is 6.81. The minimum Gasteiger partial charge on any atom is -0.325 e. The van der Waals surface area contributed by atoms with Gasteiger partial charge >= 0.3 is 6.18 Å². The highest BCUT2D eigenvalue weighted by Gasteiger charge is 2.34. The van der Waals surface area contributed by atoms with Crippen LogP contribution in [0.2, 0.25) is 0 Å². The summed E-state index contributed by atoms with van der Waals surface area (Å²) in [4.78, 5) is 27.6. The van der Waals surface area contributed by atoms with E-state index in [9.17, 15) is 27.2 Å². The van der Waals surface area contributed by atoms with Crippen LogP contribution >= 0.6 is 0 Å². The predicted molar refractivity (Wildman–Crippen MR) is 77.9 cm³/mol. The topological polar surface area (TPSA) is 64.0 Å². The van der Waals surface area contributed by atoms with Crippen LogP contribution in [0.15, 0.2) is 35.4 Å². The SMILES string of the molecule is CCc1cc(=O)n(CC(=O)Nc2ccc(F)c(C(F)(F)F)c2)cn1. The van der Waals surface area contributed by atoms with Gasteiger partial charge in [0.15, 0.2) is 0 Å². The van der Waals surface area contributed by atoms with Gasteiger partial charge in [-0.25, -0.2) is 9.37 Å². The zero-order valence-corrected chi connectivity index (χ0v) is 12.5. The number of hydrogen-bond acceptors (Lipinski definition) is 3. The van der Waals surface area contributed by atoms with E-state index in [1.807, 2.05) is 6.92 Å². The molecular weight excluding hydrogens is 330 g/mol. The number of nitrogens with one attached hydrogen (secondary N) is 1. The molecule has 1 aromatic heterocycles. The number of aryl methyl sites for hydroxylation is 1. The fourth-order valence-electron chi connectivity index (χ4n) is 1.95. The molecule has 1 amide bonds. The van der Waals surface area contributed by atoms with E-state index in [1.165, 1.54) is 12.4 Å². The molecule has 0 unspecified atom stereocenters. The molecule has 2 rings (SSSR count). The fourth-order valence-corrected chi connectivity index (χ4v) is 1.95. The molecule has 9 heteroatoms. The standard InChI is InChI=1S/C15H13F4N3O2/c1-2-9-6-14(24)22(8-20-9)7-13(23)21-10-3-4-12(16)11(5-10)15(17,18)19/h3-6,8H,2,7H2,1H3,(H,21,23). The van der Waals surface area contributed by atoms with Crippen LogP contribution in [0.25, 0.3) is 0 Å². The Morgan fingerprint density at radius 3 is 2.58 bits per heavy atom. The van der Waals surface area contributed by atoms with Crippen molar-refractivity contribution in [3.05, 3.63) is 58.0 Å². The lowest BCUT2D eigenvalue weighted by atomic mass is 10.2. The number of anilines is 1. The summed E-state index contributed by atoms with van der Waals surface area (Å²) in [6.07, 6.45) is -3.13. The number of nitrogens with zero attached hydrogens (tertiary/aromatic N) is 2. The first kappa shape index (κ1) is 17.6. The summed E-state index contributed by atoms with van der Waals surface area (Å²) in [5.74, 6) is -2.17. The Labute approximate surface area is 133 Å². The van der Waals surface area contributed by atoms with E-state index >= 15 is 0 Å². The predicted octanol–water partition coefficient (Wildman–Crippen LogP) is 2.60. The minimum atomic E-state index is -4.87. The Kier molecular flexibility index (Phi) is 5.01. The van der Waals surface area contributed by atoms with Crippen molar-refractivity contribution in [1.29, 1.82) is 0 Å². The minimum absolute atomic E-state index is 0.222. The van der Waals surface area contributed by atoms with Gasteiger partial charge in [0.05, 0.1) is 11.9 Å². The fraction of sp³-hybridized carbons (Fsp3) is 0.267. The number of alkyl halides is 3. The smallest absolute Gasteiger partial charge is 0.325 e. The van der Waals surface area contributed by atoms with Crippen LogP contribution < -0.4 is 10.9 Å². The van der Waals surface area contributed by atoms with Crippen molar-refractivity contribution in [2.75, 3.05) is 5.32 Å². The van der Waals surface area contributed by atoms with Gasteiger partial charge in [-0.3, -0.25) is 14.2 Å². The Hall–Kier alpha value is -2.71. The van der Waals surface area contributed by atoms with Gasteiger partial charge < -0.3 is 5.32 Å². The van der Waals surface area contributed by atoms with Crippen molar-refractivity contribution in [3.8, 4) is 0 Å². The van der Waals surface area contributed by atoms with Crippen molar-refractivity contribution >= 4 is 11.6 Å². The molecule has 0 radical (unpaired) electrons. The average molecular weight is 343 g/mol. The molecule has 1 N–H and O–H groups in total. The molecule has 5 nitrogen and oxygen atoms in total. The number of rotatable bonds is 4. The first-order chi connectivity index (χ1) is 11.2. The summed E-state index contributed by atoms with van der Waals surface area (Å²) in [7, 11) is 0. The molecule has 0 spiro atoms. The van der Waals surface area contributed by atoms with Crippen molar-refractivity contribution in [1.82, 2.24) is 9.55 Å². The molecule has 0 bridgehead atoms. The van der Waals surface area contributed by atoms with Gasteiger partial charge in [-0.15, -0.1) is 0 Å². The average Bonchev–Trinajstić information content (AvgIpc) is 2.50. The molecule has 1 heterocycles. The molecule has 0 saturated heterocycles. The van der Waals surface area contributed by atoms with Gasteiger partial charge in [-0.2, -0.15) is 13.2 Å². The highest BCUT2D eigenvalue weighted by Crippen LogP contribution is 2.32. The van der Waals surface area contributed by atoms with Gasteiger partial charge in [0.2, 0.25) is 5.91 Å². The Morgan fingerprint density at radius 1 is 1.29 bits per heavy atom. The number of carbonyl (C=O) groups is 1. The van der Waals surface area contributed by atoms with Crippen LogP contribution in [-0.4, -0.2) is 15.5 Å². The van der Waals surface area contributed by atoms with E-state index in [4.69, 9.17) is 0 Å². The monoisotopic (exact) mass is 343 g/mol. The van der Waals surface area contributed by atoms with Crippen LogP contribution in [-0.2, 0) is 23.9 Å². The normalized spacial score (nSPS) is 11.4. The van der Waals surface area contributed by atoms with Crippen LogP contribution in [0.3, 0.4) is 0 Å². The van der Waals surface area contributed by atoms with Gasteiger partial charge in [0, 0.05) is 17.4 Å². The van der Waals surface area contributed by atoms with Crippen molar-refractivity contribution in [2.45, 2.75) is 26.1 Å². The summed E-state index contributed by atoms with van der Waals surface area (Å²) < 4.78 is 52.1. The zero-order chi connectivity index (χ0) is 17.9. The lowest BCUT2D eigenvalue weighted by Gasteiger charge is -2.11. The molecule has 128 valence electrons. The molecule has 0 atom stereocenters. The van der Waals surface area contributed by atoms with E-state index < -0.39 is 35.6 Å². The maximum atomic E-state index is 13.2. The zero-order valence-electron chi connectivity index (χ0n) is 12.5. The molecule has 1 aromatic carbocycles. The number of aromatic nitrogens is 2. The van der Waals surface area contributed by atoms with Gasteiger partial charge in [0.25, 0.3) is 5.56 Å². The largest absolute Gasteiger partial charge is 0.419 e. The third kappa shape index (κ3) is 4.18. The Bertz CT molecular complexity index is 815. The summed E-state index contributed by atoms with van der Waals surface area (Å²) >= 11 is 0. The maximum Gasteiger partial charge on any atom is 0.419 e. The highest BCUT2D eigenvalue weighted by atomic mass is 19.4. The number of halogens is 4. The van der Waals surface area contributed by atoms with E-state index in [0.29, 0.717) is 24.2 Å². The van der Waals surface area contributed by atoms with Gasteiger partial charge in [0.1, 0.15) is 12.4 Å². The van der Waals surface area contributed by atoms with E-state index in [-0.39, 0.29) is 5.69 Å². The summed E-state index contributed by atoms with van der Waals surface area (Å²) in [6.45, 7) is 1.39. The van der Waals surface area contributed by atoms with Gasteiger partial charge in [-0.05, 0) is 24.6 Å². The number of hydrogen-bond donors (Lipinski definition) is 1. The molecule has 0 aliphatic carbocycles. The second-order valence-corrected chi connectivity index (χ2v) is 4.94. The summed E-state index contributed by atoms with van der Waals surface area (Å²) in [5, 5.41) is 2.19. The lowest BCUT2D eigenvalue weighted by Crippen LogP contribution is -2.28. The van der Waals surface area contributed by atoms with E-state index in [1.54, 1.807) is 0 Å². The number of benzene rings is 1. The molecule has 2 aromatic rings. The van der Waals surface area contributed by atoms with Crippen LogP contribution in [0.4, 0.5) is 23.2 Å². The van der Waals surface area contributed by atoms with Crippen molar-refractivity contribution in [2.24, 2.45) is 0 Å². The molecule has 24 heavy (non-hydrogen) atoms. The van der Waals surface area contributed by atoms with Crippen molar-refractivity contribution in [3.63, 3.8) is 0 Å². The quantitative estimate of drug-likeness (QED) is 0.868. The van der Waals surface area contributed by atoms with Crippen LogP contribution in [0.5, 0.6) is 0 Å². The molecular formula is C15H13F4N3O2. The van der Waals surface area contributed by atoms with Crippen LogP contribution in [0, 0.1) is 5.82 Å². The number of amides is 1. The molecule has 0 saturated carbocycles. The lowest BCUT2D eigenvalue weighted by molar-refractivity contribution is -0.140. The second-order valence-electron chi connectivity index (χ2n) is 4.94.